The van der Waals surface area contributed by atoms with Crippen LogP contribution in [0.1, 0.15) is 34.7 Å². The number of amides is 2. The summed E-state index contributed by atoms with van der Waals surface area (Å²) in [7, 11) is 1.69. The summed E-state index contributed by atoms with van der Waals surface area (Å²) in [5.74, 6) is -1.27. The van der Waals surface area contributed by atoms with Gasteiger partial charge < -0.3 is 14.0 Å². The Bertz CT molecular complexity index is 762. The van der Waals surface area contributed by atoms with Gasteiger partial charge in [0.25, 0.3) is 11.8 Å². The Hall–Kier alpha value is -3.09. The largest absolute Gasteiger partial charge is 0.491 e. The lowest BCUT2D eigenvalue weighted by atomic mass is 10.2. The highest BCUT2D eigenvalue weighted by atomic mass is 16.5. The van der Waals surface area contributed by atoms with Crippen molar-refractivity contribution in [2.75, 3.05) is 6.61 Å². The minimum Gasteiger partial charge on any atom is -0.491 e. The van der Waals surface area contributed by atoms with E-state index in [1.807, 2.05) is 13.8 Å². The first kappa shape index (κ1) is 18.3. The highest BCUT2D eigenvalue weighted by Gasteiger charge is 2.15. The van der Waals surface area contributed by atoms with Crippen molar-refractivity contribution in [3.8, 4) is 5.75 Å². The summed E-state index contributed by atoms with van der Waals surface area (Å²) in [6.07, 6.45) is 1.72. The van der Waals surface area contributed by atoms with E-state index >= 15 is 0 Å². The molecule has 0 fully saturated rings. The molecule has 1 heterocycles. The molecule has 0 unspecified atom stereocenters. The third kappa shape index (κ3) is 5.20. The normalized spacial score (nSPS) is 10.4. The topological polar surface area (TPSA) is 86.6 Å². The van der Waals surface area contributed by atoms with Crippen molar-refractivity contribution in [2.24, 2.45) is 7.05 Å². The first-order valence-corrected chi connectivity index (χ1v) is 7.76. The second-order valence-corrected chi connectivity index (χ2v) is 5.65. The van der Waals surface area contributed by atoms with Gasteiger partial charge in [0, 0.05) is 13.2 Å². The Labute approximate surface area is 145 Å². The summed E-state index contributed by atoms with van der Waals surface area (Å²) < 4.78 is 12.0. The Balaban J connectivity index is 1.84. The first-order chi connectivity index (χ1) is 11.9. The fourth-order valence-electron chi connectivity index (χ4n) is 2.08. The second kappa shape index (κ2) is 8.14. The Kier molecular flexibility index (Phi) is 5.94. The van der Waals surface area contributed by atoms with E-state index in [9.17, 15) is 14.4 Å². The van der Waals surface area contributed by atoms with Gasteiger partial charge in [-0.25, -0.2) is 4.79 Å². The number of esters is 1. The van der Waals surface area contributed by atoms with Gasteiger partial charge in [0.15, 0.2) is 6.61 Å². The number of aryl methyl sites for hydroxylation is 1. The van der Waals surface area contributed by atoms with E-state index in [1.165, 1.54) is 0 Å². The van der Waals surface area contributed by atoms with Crippen molar-refractivity contribution in [2.45, 2.75) is 20.0 Å². The number of carbonyl (C=O) groups excluding carboxylic acids is 3. The maximum atomic E-state index is 11.9. The molecular formula is C18H20N2O5. The molecule has 0 saturated carbocycles. The molecule has 1 aromatic carbocycles. The number of rotatable bonds is 6. The summed E-state index contributed by atoms with van der Waals surface area (Å²) in [6.45, 7) is 3.26. The molecule has 2 rings (SSSR count). The number of aromatic nitrogens is 1. The summed E-state index contributed by atoms with van der Waals surface area (Å²) in [5.41, 5.74) is 0.623. The maximum absolute atomic E-state index is 11.9. The Morgan fingerprint density at radius 3 is 2.36 bits per heavy atom. The maximum Gasteiger partial charge on any atom is 0.338 e. The third-order valence-electron chi connectivity index (χ3n) is 3.23. The number of benzene rings is 1. The van der Waals surface area contributed by atoms with Crippen molar-refractivity contribution in [1.82, 2.24) is 9.88 Å². The van der Waals surface area contributed by atoms with Crippen LogP contribution in [0.3, 0.4) is 0 Å². The van der Waals surface area contributed by atoms with Crippen molar-refractivity contribution >= 4 is 17.8 Å². The van der Waals surface area contributed by atoms with Crippen LogP contribution in [-0.4, -0.2) is 35.1 Å². The first-order valence-electron chi connectivity index (χ1n) is 7.76. The summed E-state index contributed by atoms with van der Waals surface area (Å²) >= 11 is 0. The lowest BCUT2D eigenvalue weighted by Crippen LogP contribution is -2.35. The molecule has 0 saturated heterocycles. The molecule has 0 radical (unpaired) electrons. The molecule has 2 amide bonds. The van der Waals surface area contributed by atoms with Crippen LogP contribution in [0.2, 0.25) is 0 Å². The molecule has 0 atom stereocenters. The van der Waals surface area contributed by atoms with E-state index in [1.54, 1.807) is 54.2 Å². The standard InChI is InChI=1S/C18H20N2O5/c1-12(2)25-14-8-6-13(7-9-14)18(23)24-11-16(21)19-17(22)15-5-4-10-20(15)3/h4-10,12H,11H2,1-3H3,(H,19,21,22). The molecular weight excluding hydrogens is 324 g/mol. The van der Waals surface area contributed by atoms with Crippen LogP contribution >= 0.6 is 0 Å². The minimum atomic E-state index is -0.695. The van der Waals surface area contributed by atoms with Gasteiger partial charge in [0.1, 0.15) is 11.4 Å². The van der Waals surface area contributed by atoms with Crippen LogP contribution in [0.25, 0.3) is 0 Å². The quantitative estimate of drug-likeness (QED) is 0.809. The number of ether oxygens (including phenoxy) is 2. The minimum absolute atomic E-state index is 0.0308. The van der Waals surface area contributed by atoms with Gasteiger partial charge in [-0.15, -0.1) is 0 Å². The Morgan fingerprint density at radius 1 is 1.12 bits per heavy atom. The van der Waals surface area contributed by atoms with E-state index < -0.39 is 24.4 Å². The zero-order valence-electron chi connectivity index (χ0n) is 14.3. The van der Waals surface area contributed by atoms with Crippen LogP contribution in [0.5, 0.6) is 5.75 Å². The van der Waals surface area contributed by atoms with Crippen LogP contribution in [0.15, 0.2) is 42.6 Å². The zero-order valence-corrected chi connectivity index (χ0v) is 14.3. The van der Waals surface area contributed by atoms with E-state index in [0.717, 1.165) is 0 Å². The van der Waals surface area contributed by atoms with E-state index in [4.69, 9.17) is 9.47 Å². The number of nitrogens with zero attached hydrogens (tertiary/aromatic N) is 1. The number of hydrogen-bond donors (Lipinski definition) is 1. The zero-order chi connectivity index (χ0) is 18.4. The smallest absolute Gasteiger partial charge is 0.338 e. The van der Waals surface area contributed by atoms with Gasteiger partial charge in [0.2, 0.25) is 0 Å². The van der Waals surface area contributed by atoms with Crippen LogP contribution in [0, 0.1) is 0 Å². The van der Waals surface area contributed by atoms with Crippen molar-refractivity contribution in [3.63, 3.8) is 0 Å². The van der Waals surface area contributed by atoms with E-state index in [2.05, 4.69) is 5.32 Å². The van der Waals surface area contributed by atoms with Gasteiger partial charge >= 0.3 is 5.97 Å². The average Bonchev–Trinajstić information content (AvgIpc) is 2.99. The molecule has 25 heavy (non-hydrogen) atoms. The predicted octanol–water partition coefficient (Wildman–Crippen LogP) is 1.93. The fourth-order valence-corrected chi connectivity index (χ4v) is 2.08. The van der Waals surface area contributed by atoms with Gasteiger partial charge in [-0.05, 0) is 50.2 Å². The predicted molar refractivity (Wildman–Crippen MR) is 90.4 cm³/mol. The SMILES string of the molecule is CC(C)Oc1ccc(C(=O)OCC(=O)NC(=O)c2cccn2C)cc1. The van der Waals surface area contributed by atoms with Crippen LogP contribution in [0.4, 0.5) is 0 Å². The highest BCUT2D eigenvalue weighted by molar-refractivity contribution is 6.04. The second-order valence-electron chi connectivity index (χ2n) is 5.65. The summed E-state index contributed by atoms with van der Waals surface area (Å²) in [5, 5.41) is 2.16. The average molecular weight is 344 g/mol. The van der Waals surface area contributed by atoms with E-state index in [-0.39, 0.29) is 11.7 Å². The highest BCUT2D eigenvalue weighted by Crippen LogP contribution is 2.14. The van der Waals surface area contributed by atoms with Gasteiger partial charge in [-0.2, -0.15) is 0 Å². The fraction of sp³-hybridized carbons (Fsp3) is 0.278. The molecule has 2 aromatic rings. The van der Waals surface area contributed by atoms with Crippen molar-refractivity contribution in [1.29, 1.82) is 0 Å². The van der Waals surface area contributed by atoms with Crippen LogP contribution < -0.4 is 10.1 Å². The molecule has 0 aliphatic rings. The molecule has 1 aromatic heterocycles. The molecule has 132 valence electrons. The Morgan fingerprint density at radius 2 is 1.80 bits per heavy atom. The number of hydrogen-bond acceptors (Lipinski definition) is 5. The lowest BCUT2D eigenvalue weighted by molar-refractivity contribution is -0.123. The van der Waals surface area contributed by atoms with Crippen molar-refractivity contribution < 1.29 is 23.9 Å². The van der Waals surface area contributed by atoms with Gasteiger partial charge in [-0.3, -0.25) is 14.9 Å². The molecule has 0 bridgehead atoms. The number of imide groups is 1. The number of nitrogens with one attached hydrogen (secondary N) is 1. The van der Waals surface area contributed by atoms with Crippen molar-refractivity contribution in [3.05, 3.63) is 53.9 Å². The molecule has 7 heteroatoms. The van der Waals surface area contributed by atoms with Crippen LogP contribution in [-0.2, 0) is 16.6 Å². The summed E-state index contributed by atoms with van der Waals surface area (Å²) in [4.78, 5) is 35.5. The lowest BCUT2D eigenvalue weighted by Gasteiger charge is -2.10. The molecule has 0 spiro atoms. The summed E-state index contributed by atoms with van der Waals surface area (Å²) in [6, 6.07) is 9.66. The molecule has 1 N–H and O–H groups in total. The van der Waals surface area contributed by atoms with Gasteiger partial charge in [-0.1, -0.05) is 0 Å². The van der Waals surface area contributed by atoms with E-state index in [0.29, 0.717) is 11.4 Å². The molecule has 0 aliphatic carbocycles. The molecule has 7 nitrogen and oxygen atoms in total. The molecule has 0 aliphatic heterocycles. The van der Waals surface area contributed by atoms with Gasteiger partial charge in [0.05, 0.1) is 11.7 Å². The number of carbonyl (C=O) groups is 3. The monoisotopic (exact) mass is 344 g/mol. The third-order valence-corrected chi connectivity index (χ3v) is 3.23.